The fourth-order valence-corrected chi connectivity index (χ4v) is 5.04. The summed E-state index contributed by atoms with van der Waals surface area (Å²) in [6.07, 6.45) is 3.60. The zero-order valence-corrected chi connectivity index (χ0v) is 28.4. The first kappa shape index (κ1) is 35.1. The highest BCUT2D eigenvalue weighted by atomic mass is 16.6. The number of aliphatic hydroxyl groups excluding tert-OH is 1. The number of amides is 2. The van der Waals surface area contributed by atoms with Gasteiger partial charge in [0.1, 0.15) is 17.0 Å². The van der Waals surface area contributed by atoms with Gasteiger partial charge >= 0.3 is 12.2 Å². The minimum absolute atomic E-state index is 0.106. The molecule has 0 saturated heterocycles. The van der Waals surface area contributed by atoms with E-state index in [4.69, 9.17) is 19.3 Å². The van der Waals surface area contributed by atoms with Crippen LogP contribution in [0.4, 0.5) is 21.1 Å². The number of anilines is 2. The van der Waals surface area contributed by atoms with Crippen molar-refractivity contribution in [2.75, 3.05) is 4.90 Å². The van der Waals surface area contributed by atoms with E-state index in [0.717, 1.165) is 18.5 Å². The summed E-state index contributed by atoms with van der Waals surface area (Å²) < 4.78 is 19.2. The van der Waals surface area contributed by atoms with Gasteiger partial charge in [-0.25, -0.2) is 24.2 Å². The van der Waals surface area contributed by atoms with Crippen molar-refractivity contribution < 1.29 is 28.9 Å². The van der Waals surface area contributed by atoms with Gasteiger partial charge in [0.2, 0.25) is 5.88 Å². The van der Waals surface area contributed by atoms with Crippen molar-refractivity contribution in [3.05, 3.63) is 30.1 Å². The molecule has 0 unspecified atom stereocenters. The molecule has 0 bridgehead atoms. The van der Waals surface area contributed by atoms with E-state index in [1.165, 1.54) is 4.90 Å². The number of rotatable bonds is 9. The number of ether oxygens (including phenoxy) is 3. The van der Waals surface area contributed by atoms with Crippen LogP contribution in [0.5, 0.6) is 5.88 Å². The lowest BCUT2D eigenvalue weighted by Gasteiger charge is -2.30. The number of hydrogen-bond acceptors (Lipinski definition) is 8. The summed E-state index contributed by atoms with van der Waals surface area (Å²) in [7, 11) is 0. The Morgan fingerprint density at radius 2 is 1.68 bits per heavy atom. The summed E-state index contributed by atoms with van der Waals surface area (Å²) >= 11 is 0. The van der Waals surface area contributed by atoms with Crippen LogP contribution < -0.4 is 15.0 Å². The Labute approximate surface area is 262 Å². The van der Waals surface area contributed by atoms with E-state index in [-0.39, 0.29) is 24.2 Å². The molecule has 0 aliphatic heterocycles. The van der Waals surface area contributed by atoms with Gasteiger partial charge in [-0.2, -0.15) is 5.10 Å². The van der Waals surface area contributed by atoms with Crippen molar-refractivity contribution in [1.82, 2.24) is 20.1 Å². The molecule has 1 fully saturated rings. The monoisotopic (exact) mass is 615 g/mol. The molecular formula is C33H53N5O6. The third kappa shape index (κ3) is 10.4. The van der Waals surface area contributed by atoms with E-state index in [9.17, 15) is 14.7 Å². The molecule has 2 heterocycles. The average Bonchev–Trinajstić information content (AvgIpc) is 3.47. The maximum absolute atomic E-state index is 13.8. The van der Waals surface area contributed by atoms with Gasteiger partial charge in [0.25, 0.3) is 0 Å². The first-order valence-corrected chi connectivity index (χ1v) is 15.7. The molecule has 3 rings (SSSR count). The van der Waals surface area contributed by atoms with Gasteiger partial charge in [-0.15, -0.1) is 0 Å². The maximum Gasteiger partial charge on any atom is 0.420 e. The standard InChI is InChI=1S/C33H53N5O6/c1-21(35-29(40)43-32(6,7)8)12-13-22(2)42-27-19-24(16-17-34-27)37(30(41)44-33(9,10)11)28-20-26(23-14-15-25(39)18-23)36-38(28)31(3,4)5/h16-17,19-23,25,39H,12-15,18H2,1-11H3,(H,35,40)/t21-,22-,23-,25+/m0/s1. The van der Waals surface area contributed by atoms with Crippen molar-refractivity contribution >= 4 is 23.7 Å². The van der Waals surface area contributed by atoms with E-state index in [1.54, 1.807) is 18.3 Å². The molecule has 2 aromatic heterocycles. The third-order valence-electron chi connectivity index (χ3n) is 7.04. The Morgan fingerprint density at radius 3 is 2.25 bits per heavy atom. The quantitative estimate of drug-likeness (QED) is 0.303. The molecule has 11 heteroatoms. The number of aromatic nitrogens is 3. The minimum Gasteiger partial charge on any atom is -0.475 e. The van der Waals surface area contributed by atoms with Gasteiger partial charge in [0.05, 0.1) is 29.1 Å². The van der Waals surface area contributed by atoms with E-state index in [2.05, 4.69) is 10.3 Å². The molecule has 1 aliphatic rings. The lowest BCUT2D eigenvalue weighted by Crippen LogP contribution is -2.38. The largest absolute Gasteiger partial charge is 0.475 e. The molecule has 0 aromatic carbocycles. The first-order valence-electron chi connectivity index (χ1n) is 15.7. The number of carbonyl (C=O) groups is 2. The third-order valence-corrected chi connectivity index (χ3v) is 7.04. The summed E-state index contributed by atoms with van der Waals surface area (Å²) in [6, 6.07) is 5.29. The molecule has 44 heavy (non-hydrogen) atoms. The van der Waals surface area contributed by atoms with Crippen LogP contribution in [0.1, 0.15) is 120 Å². The number of alkyl carbamates (subject to hydrolysis) is 1. The van der Waals surface area contributed by atoms with Gasteiger partial charge in [0.15, 0.2) is 0 Å². The number of hydrogen-bond donors (Lipinski definition) is 2. The average molecular weight is 616 g/mol. The zero-order valence-electron chi connectivity index (χ0n) is 28.4. The van der Waals surface area contributed by atoms with Crippen LogP contribution in [0.2, 0.25) is 0 Å². The van der Waals surface area contributed by atoms with Crippen LogP contribution in [0.3, 0.4) is 0 Å². The van der Waals surface area contributed by atoms with Gasteiger partial charge in [0, 0.05) is 30.3 Å². The van der Waals surface area contributed by atoms with Crippen molar-refractivity contribution in [3.8, 4) is 5.88 Å². The van der Waals surface area contributed by atoms with Crippen molar-refractivity contribution in [1.29, 1.82) is 0 Å². The van der Waals surface area contributed by atoms with E-state index in [1.807, 2.05) is 86.9 Å². The lowest BCUT2D eigenvalue weighted by atomic mass is 10.0. The van der Waals surface area contributed by atoms with Crippen molar-refractivity contribution in [3.63, 3.8) is 0 Å². The number of carbonyl (C=O) groups excluding carboxylic acids is 2. The van der Waals surface area contributed by atoms with Crippen molar-refractivity contribution in [2.24, 2.45) is 0 Å². The molecule has 1 aliphatic carbocycles. The van der Waals surface area contributed by atoms with Gasteiger partial charge in [-0.1, -0.05) is 0 Å². The van der Waals surface area contributed by atoms with Crippen LogP contribution in [-0.4, -0.2) is 61.5 Å². The lowest BCUT2D eigenvalue weighted by molar-refractivity contribution is 0.0500. The highest BCUT2D eigenvalue weighted by Crippen LogP contribution is 2.39. The van der Waals surface area contributed by atoms with E-state index in [0.29, 0.717) is 36.6 Å². The molecular weight excluding hydrogens is 562 g/mol. The summed E-state index contributed by atoms with van der Waals surface area (Å²) in [5.74, 6) is 1.03. The zero-order chi connectivity index (χ0) is 33.0. The summed E-state index contributed by atoms with van der Waals surface area (Å²) in [6.45, 7) is 20.9. The second-order valence-corrected chi connectivity index (χ2v) is 14.9. The fraction of sp³-hybridized carbons (Fsp3) is 0.697. The van der Waals surface area contributed by atoms with Crippen LogP contribution >= 0.6 is 0 Å². The highest BCUT2D eigenvalue weighted by Gasteiger charge is 2.34. The smallest absolute Gasteiger partial charge is 0.420 e. The second-order valence-electron chi connectivity index (χ2n) is 14.9. The molecule has 246 valence electrons. The van der Waals surface area contributed by atoms with Crippen molar-refractivity contribution in [2.45, 2.75) is 149 Å². The Bertz CT molecular complexity index is 1270. The van der Waals surface area contributed by atoms with Gasteiger partial charge in [-0.3, -0.25) is 0 Å². The maximum atomic E-state index is 13.8. The van der Waals surface area contributed by atoms with Crippen LogP contribution in [0, 0.1) is 0 Å². The predicted molar refractivity (Wildman–Crippen MR) is 171 cm³/mol. The number of nitrogens with zero attached hydrogens (tertiary/aromatic N) is 4. The molecule has 1 saturated carbocycles. The van der Waals surface area contributed by atoms with E-state index >= 15 is 0 Å². The number of pyridine rings is 1. The summed E-state index contributed by atoms with van der Waals surface area (Å²) in [4.78, 5) is 31.9. The van der Waals surface area contributed by atoms with E-state index < -0.39 is 28.9 Å². The molecule has 0 radical (unpaired) electrons. The Balaban J connectivity index is 1.86. The Morgan fingerprint density at radius 1 is 1.02 bits per heavy atom. The molecule has 0 spiro atoms. The molecule has 11 nitrogen and oxygen atoms in total. The number of nitrogens with one attached hydrogen (secondary N) is 1. The van der Waals surface area contributed by atoms with Gasteiger partial charge < -0.3 is 24.6 Å². The minimum atomic E-state index is -0.731. The predicted octanol–water partition coefficient (Wildman–Crippen LogP) is 7.20. The molecule has 2 amide bonds. The topological polar surface area (TPSA) is 128 Å². The van der Waals surface area contributed by atoms with Crippen LogP contribution in [0.15, 0.2) is 24.4 Å². The number of aliphatic hydroxyl groups is 1. The molecule has 4 atom stereocenters. The Hall–Kier alpha value is -3.34. The highest BCUT2D eigenvalue weighted by molar-refractivity contribution is 5.95. The van der Waals surface area contributed by atoms with Crippen LogP contribution in [-0.2, 0) is 15.0 Å². The second kappa shape index (κ2) is 13.7. The SMILES string of the molecule is C[C@@H](CC[C@H](C)Oc1cc(N(C(=O)OC(C)(C)C)c2cc([C@H]3CC[C@@H](O)C3)nn2C(C)(C)C)ccn1)NC(=O)OC(C)(C)C. The molecule has 2 aromatic rings. The summed E-state index contributed by atoms with van der Waals surface area (Å²) in [5, 5.41) is 18.0. The molecule has 2 N–H and O–H groups in total. The van der Waals surface area contributed by atoms with Gasteiger partial charge in [-0.05, 0) is 114 Å². The van der Waals surface area contributed by atoms with Crippen LogP contribution in [0.25, 0.3) is 0 Å². The summed E-state index contributed by atoms with van der Waals surface area (Å²) in [5.41, 5.74) is -0.371. The normalized spacial score (nSPS) is 18.8. The fourth-order valence-electron chi connectivity index (χ4n) is 5.04. The Kier molecular flexibility index (Phi) is 11.0. The first-order chi connectivity index (χ1) is 20.2.